The molecule has 6 nitrogen and oxygen atoms in total. The lowest BCUT2D eigenvalue weighted by atomic mass is 9.88. The van der Waals surface area contributed by atoms with Crippen LogP contribution in [0.2, 0.25) is 0 Å². The SMILES string of the molecule is OCCOc1cccc2cnc(/N=C/C3CCC(O)CC3)nc12. The molecule has 1 aliphatic carbocycles. The molecule has 2 aromatic rings. The first kappa shape index (κ1) is 15.8. The molecule has 1 heterocycles. The second-order valence-electron chi connectivity index (χ2n) is 5.78. The number of fused-ring (bicyclic) bond motifs is 1. The van der Waals surface area contributed by atoms with E-state index in [4.69, 9.17) is 9.84 Å². The third kappa shape index (κ3) is 4.03. The van der Waals surface area contributed by atoms with Crippen LogP contribution in [0.15, 0.2) is 29.4 Å². The maximum atomic E-state index is 9.53. The number of benzene rings is 1. The summed E-state index contributed by atoms with van der Waals surface area (Å²) in [7, 11) is 0. The lowest BCUT2D eigenvalue weighted by Gasteiger charge is -2.21. The second kappa shape index (κ2) is 7.48. The van der Waals surface area contributed by atoms with Crippen molar-refractivity contribution in [1.82, 2.24) is 9.97 Å². The van der Waals surface area contributed by atoms with Gasteiger partial charge in [-0.25, -0.2) is 15.0 Å². The average molecular weight is 315 g/mol. The van der Waals surface area contributed by atoms with Gasteiger partial charge in [0.05, 0.1) is 12.7 Å². The summed E-state index contributed by atoms with van der Waals surface area (Å²) in [5.41, 5.74) is 0.696. The first-order chi connectivity index (χ1) is 11.3. The Morgan fingerprint density at radius 3 is 2.87 bits per heavy atom. The predicted molar refractivity (Wildman–Crippen MR) is 88.2 cm³/mol. The highest BCUT2D eigenvalue weighted by Gasteiger charge is 2.17. The lowest BCUT2D eigenvalue weighted by molar-refractivity contribution is 0.121. The average Bonchev–Trinajstić information content (AvgIpc) is 2.59. The highest BCUT2D eigenvalue weighted by atomic mass is 16.5. The van der Waals surface area contributed by atoms with Crippen molar-refractivity contribution in [3.8, 4) is 5.75 Å². The molecule has 0 amide bonds. The molecule has 0 atom stereocenters. The third-order valence-electron chi connectivity index (χ3n) is 4.05. The Labute approximate surface area is 134 Å². The van der Waals surface area contributed by atoms with Gasteiger partial charge in [0, 0.05) is 17.8 Å². The standard InChI is InChI=1S/C17H21N3O3/c21-8-9-23-15-3-1-2-13-11-19-17(20-16(13)15)18-10-12-4-6-14(22)7-5-12/h1-3,10-12,14,21-22H,4-9H2/b18-10+. The molecule has 0 aliphatic heterocycles. The van der Waals surface area contributed by atoms with Crippen molar-refractivity contribution in [2.45, 2.75) is 31.8 Å². The quantitative estimate of drug-likeness (QED) is 0.826. The van der Waals surface area contributed by atoms with E-state index in [2.05, 4.69) is 15.0 Å². The summed E-state index contributed by atoms with van der Waals surface area (Å²) in [6, 6.07) is 5.60. The summed E-state index contributed by atoms with van der Waals surface area (Å²) < 4.78 is 5.51. The van der Waals surface area contributed by atoms with Crippen LogP contribution in [0.25, 0.3) is 10.9 Å². The summed E-state index contributed by atoms with van der Waals surface area (Å²) in [6.45, 7) is 0.187. The maximum Gasteiger partial charge on any atom is 0.249 e. The van der Waals surface area contributed by atoms with Gasteiger partial charge in [0.15, 0.2) is 0 Å². The van der Waals surface area contributed by atoms with Crippen molar-refractivity contribution >= 4 is 23.1 Å². The van der Waals surface area contributed by atoms with Crippen LogP contribution in [0.4, 0.5) is 5.95 Å². The minimum Gasteiger partial charge on any atom is -0.489 e. The van der Waals surface area contributed by atoms with Gasteiger partial charge in [0.1, 0.15) is 17.9 Å². The Balaban J connectivity index is 1.78. The van der Waals surface area contributed by atoms with E-state index in [1.807, 2.05) is 24.4 Å². The molecule has 122 valence electrons. The molecular formula is C17H21N3O3. The zero-order valence-corrected chi connectivity index (χ0v) is 12.9. The number of nitrogens with zero attached hydrogens (tertiary/aromatic N) is 3. The Morgan fingerprint density at radius 2 is 2.09 bits per heavy atom. The largest absolute Gasteiger partial charge is 0.489 e. The number of hydrogen-bond acceptors (Lipinski definition) is 6. The number of aromatic nitrogens is 2. The second-order valence-corrected chi connectivity index (χ2v) is 5.78. The van der Waals surface area contributed by atoms with Crippen molar-refractivity contribution in [3.63, 3.8) is 0 Å². The van der Waals surface area contributed by atoms with Crippen molar-refractivity contribution < 1.29 is 14.9 Å². The van der Waals surface area contributed by atoms with Crippen molar-refractivity contribution in [3.05, 3.63) is 24.4 Å². The minimum absolute atomic E-state index is 0.0417. The van der Waals surface area contributed by atoms with Crippen molar-refractivity contribution in [2.24, 2.45) is 10.9 Å². The van der Waals surface area contributed by atoms with Crippen LogP contribution in [0.5, 0.6) is 5.75 Å². The Bertz CT molecular complexity index is 682. The molecule has 1 aromatic heterocycles. The van der Waals surface area contributed by atoms with Gasteiger partial charge in [-0.3, -0.25) is 0 Å². The van der Waals surface area contributed by atoms with Crippen LogP contribution in [0.1, 0.15) is 25.7 Å². The fraction of sp³-hybridized carbons (Fsp3) is 0.471. The van der Waals surface area contributed by atoms with Gasteiger partial charge in [-0.05, 0) is 37.7 Å². The zero-order valence-electron chi connectivity index (χ0n) is 12.9. The molecule has 0 unspecified atom stereocenters. The summed E-state index contributed by atoms with van der Waals surface area (Å²) in [5.74, 6) is 1.40. The number of para-hydroxylation sites is 1. The Morgan fingerprint density at radius 1 is 1.26 bits per heavy atom. The molecule has 1 aromatic carbocycles. The van der Waals surface area contributed by atoms with Crippen LogP contribution >= 0.6 is 0 Å². The molecule has 0 radical (unpaired) electrons. The number of ether oxygens (including phenoxy) is 1. The van der Waals surface area contributed by atoms with Gasteiger partial charge in [-0.2, -0.15) is 0 Å². The number of rotatable bonds is 5. The minimum atomic E-state index is -0.164. The molecule has 1 aliphatic rings. The Kier molecular flexibility index (Phi) is 5.15. The molecule has 0 bridgehead atoms. The number of aliphatic imine (C=N–C) groups is 1. The molecule has 23 heavy (non-hydrogen) atoms. The summed E-state index contributed by atoms with van der Waals surface area (Å²) in [6.07, 6.45) is 7.01. The van der Waals surface area contributed by atoms with Gasteiger partial charge in [-0.1, -0.05) is 12.1 Å². The van der Waals surface area contributed by atoms with E-state index >= 15 is 0 Å². The number of aliphatic hydroxyl groups excluding tert-OH is 2. The Hall–Kier alpha value is -2.05. The molecule has 0 spiro atoms. The molecule has 6 heteroatoms. The molecule has 0 saturated heterocycles. The first-order valence-corrected chi connectivity index (χ1v) is 7.98. The third-order valence-corrected chi connectivity index (χ3v) is 4.05. The fourth-order valence-electron chi connectivity index (χ4n) is 2.78. The molecule has 1 saturated carbocycles. The van der Waals surface area contributed by atoms with Gasteiger partial charge >= 0.3 is 0 Å². The number of hydrogen-bond donors (Lipinski definition) is 2. The van der Waals surface area contributed by atoms with Gasteiger partial charge in [0.2, 0.25) is 5.95 Å². The van der Waals surface area contributed by atoms with E-state index in [9.17, 15) is 5.11 Å². The van der Waals surface area contributed by atoms with E-state index in [-0.39, 0.29) is 19.3 Å². The summed E-state index contributed by atoms with van der Waals surface area (Å²) in [4.78, 5) is 13.1. The van der Waals surface area contributed by atoms with E-state index in [0.717, 1.165) is 31.1 Å². The molecule has 1 fully saturated rings. The summed E-state index contributed by atoms with van der Waals surface area (Å²) in [5, 5.41) is 19.3. The monoisotopic (exact) mass is 315 g/mol. The van der Waals surface area contributed by atoms with E-state index in [1.54, 1.807) is 6.20 Å². The molecule has 3 rings (SSSR count). The topological polar surface area (TPSA) is 87.8 Å². The smallest absolute Gasteiger partial charge is 0.249 e. The van der Waals surface area contributed by atoms with E-state index in [0.29, 0.717) is 23.1 Å². The highest BCUT2D eigenvalue weighted by molar-refractivity contribution is 5.84. The number of aliphatic hydroxyl groups is 2. The maximum absolute atomic E-state index is 9.53. The van der Waals surface area contributed by atoms with E-state index in [1.165, 1.54) is 0 Å². The van der Waals surface area contributed by atoms with Crippen molar-refractivity contribution in [1.29, 1.82) is 0 Å². The van der Waals surface area contributed by atoms with Gasteiger partial charge in [-0.15, -0.1) is 0 Å². The van der Waals surface area contributed by atoms with Gasteiger partial charge in [0.25, 0.3) is 0 Å². The lowest BCUT2D eigenvalue weighted by Crippen LogP contribution is -2.18. The molecule has 2 N–H and O–H groups in total. The van der Waals surface area contributed by atoms with Crippen LogP contribution in [0.3, 0.4) is 0 Å². The fourth-order valence-corrected chi connectivity index (χ4v) is 2.78. The van der Waals surface area contributed by atoms with E-state index < -0.39 is 0 Å². The zero-order chi connectivity index (χ0) is 16.1. The van der Waals surface area contributed by atoms with Crippen molar-refractivity contribution in [2.75, 3.05) is 13.2 Å². The predicted octanol–water partition coefficient (Wildman–Crippen LogP) is 2.25. The van der Waals surface area contributed by atoms with Crippen LogP contribution in [0, 0.1) is 5.92 Å². The highest BCUT2D eigenvalue weighted by Crippen LogP contribution is 2.26. The molecular weight excluding hydrogens is 294 g/mol. The normalized spacial score (nSPS) is 21.8. The van der Waals surface area contributed by atoms with Crippen LogP contribution in [-0.2, 0) is 0 Å². The van der Waals surface area contributed by atoms with Gasteiger partial charge < -0.3 is 14.9 Å². The van der Waals surface area contributed by atoms with Crippen LogP contribution < -0.4 is 4.74 Å². The first-order valence-electron chi connectivity index (χ1n) is 7.98. The summed E-state index contributed by atoms with van der Waals surface area (Å²) >= 11 is 0. The van der Waals surface area contributed by atoms with Crippen LogP contribution in [-0.4, -0.2) is 45.7 Å².